The third kappa shape index (κ3) is 5.00. The molecule has 3 rings (SSSR count). The van der Waals surface area contributed by atoms with E-state index in [0.29, 0.717) is 38.8 Å². The van der Waals surface area contributed by atoms with E-state index in [-0.39, 0.29) is 11.2 Å². The molecule has 27 heavy (non-hydrogen) atoms. The van der Waals surface area contributed by atoms with Crippen LogP contribution in [0.15, 0.2) is 35.3 Å². The average molecular weight is 395 g/mol. The summed E-state index contributed by atoms with van der Waals surface area (Å²) in [7, 11) is -1.55. The van der Waals surface area contributed by atoms with Crippen LogP contribution in [0.2, 0.25) is 0 Å². The highest BCUT2D eigenvalue weighted by atomic mass is 32.2. The van der Waals surface area contributed by atoms with Gasteiger partial charge >= 0.3 is 0 Å². The lowest BCUT2D eigenvalue weighted by molar-refractivity contribution is 0.0730. The number of sulfonamides is 1. The van der Waals surface area contributed by atoms with Crippen LogP contribution in [0.3, 0.4) is 0 Å². The first-order chi connectivity index (χ1) is 13.1. The molecule has 2 aliphatic rings. The standard InChI is InChI=1S/C19H30N4O3S/c1-20-18(21-10-15-27(24,25)23-11-13-26-14-12-23)22-16-19(8-5-9-19)17-6-3-2-4-7-17/h2-4,6-7H,5,8-16H2,1H3,(H2,20,21,22). The van der Waals surface area contributed by atoms with Gasteiger partial charge in [-0.15, -0.1) is 0 Å². The van der Waals surface area contributed by atoms with Crippen molar-refractivity contribution in [1.29, 1.82) is 0 Å². The Morgan fingerprint density at radius 1 is 1.19 bits per heavy atom. The van der Waals surface area contributed by atoms with Crippen molar-refractivity contribution in [3.8, 4) is 0 Å². The first-order valence-corrected chi connectivity index (χ1v) is 11.2. The second kappa shape index (κ2) is 9.03. The number of hydrogen-bond acceptors (Lipinski definition) is 4. The number of hydrogen-bond donors (Lipinski definition) is 2. The zero-order chi connectivity index (χ0) is 19.2. The topological polar surface area (TPSA) is 83.0 Å². The third-order valence-corrected chi connectivity index (χ3v) is 7.40. The molecule has 1 aromatic carbocycles. The van der Waals surface area contributed by atoms with Crippen LogP contribution in [0.4, 0.5) is 0 Å². The van der Waals surface area contributed by atoms with E-state index >= 15 is 0 Å². The zero-order valence-corrected chi connectivity index (χ0v) is 16.8. The molecule has 0 bridgehead atoms. The molecule has 0 amide bonds. The quantitative estimate of drug-likeness (QED) is 0.531. The molecule has 0 atom stereocenters. The van der Waals surface area contributed by atoms with Crippen molar-refractivity contribution in [1.82, 2.24) is 14.9 Å². The highest BCUT2D eigenvalue weighted by Gasteiger charge is 2.38. The van der Waals surface area contributed by atoms with E-state index in [1.807, 2.05) is 6.07 Å². The number of nitrogens with one attached hydrogen (secondary N) is 2. The largest absolute Gasteiger partial charge is 0.379 e. The number of ether oxygens (including phenoxy) is 1. The molecule has 150 valence electrons. The van der Waals surface area contributed by atoms with Gasteiger partial charge in [-0.3, -0.25) is 4.99 Å². The Balaban J connectivity index is 1.48. The predicted molar refractivity (Wildman–Crippen MR) is 108 cm³/mol. The first kappa shape index (κ1) is 20.1. The van der Waals surface area contributed by atoms with Crippen LogP contribution in [-0.2, 0) is 20.2 Å². The van der Waals surface area contributed by atoms with E-state index in [1.165, 1.54) is 16.3 Å². The van der Waals surface area contributed by atoms with Crippen LogP contribution in [-0.4, -0.2) is 70.9 Å². The summed E-state index contributed by atoms with van der Waals surface area (Å²) in [5, 5.41) is 6.53. The van der Waals surface area contributed by atoms with Gasteiger partial charge in [-0.2, -0.15) is 4.31 Å². The Hall–Kier alpha value is -1.64. The second-order valence-corrected chi connectivity index (χ2v) is 9.27. The number of guanidine groups is 1. The number of nitrogens with zero attached hydrogens (tertiary/aromatic N) is 2. The van der Waals surface area contributed by atoms with Crippen LogP contribution in [0.1, 0.15) is 24.8 Å². The normalized spacial score (nSPS) is 20.7. The molecule has 0 unspecified atom stereocenters. The minimum Gasteiger partial charge on any atom is -0.379 e. The van der Waals surface area contributed by atoms with Gasteiger partial charge in [-0.1, -0.05) is 36.8 Å². The number of rotatable bonds is 7. The summed E-state index contributed by atoms with van der Waals surface area (Å²) in [6, 6.07) is 10.6. The number of benzene rings is 1. The molecule has 2 fully saturated rings. The van der Waals surface area contributed by atoms with Crippen LogP contribution in [0.5, 0.6) is 0 Å². The van der Waals surface area contributed by atoms with Gasteiger partial charge in [0.15, 0.2) is 5.96 Å². The van der Waals surface area contributed by atoms with E-state index in [9.17, 15) is 8.42 Å². The molecule has 8 heteroatoms. The monoisotopic (exact) mass is 394 g/mol. The van der Waals surface area contributed by atoms with Crippen LogP contribution in [0, 0.1) is 0 Å². The van der Waals surface area contributed by atoms with E-state index in [2.05, 4.69) is 39.9 Å². The lowest BCUT2D eigenvalue weighted by atomic mass is 9.64. The van der Waals surface area contributed by atoms with Gasteiger partial charge < -0.3 is 15.4 Å². The van der Waals surface area contributed by atoms with Crippen molar-refractivity contribution >= 4 is 16.0 Å². The molecular formula is C19H30N4O3S. The molecule has 0 spiro atoms. The van der Waals surface area contributed by atoms with Gasteiger partial charge in [0.1, 0.15) is 0 Å². The van der Waals surface area contributed by atoms with Gasteiger partial charge in [0.2, 0.25) is 10.0 Å². The van der Waals surface area contributed by atoms with Crippen molar-refractivity contribution in [2.45, 2.75) is 24.7 Å². The maximum atomic E-state index is 12.4. The smallest absolute Gasteiger partial charge is 0.215 e. The minimum atomic E-state index is -3.26. The molecular weight excluding hydrogens is 364 g/mol. The third-order valence-electron chi connectivity index (χ3n) is 5.53. The summed E-state index contributed by atoms with van der Waals surface area (Å²) in [6.45, 7) is 2.95. The highest BCUT2D eigenvalue weighted by Crippen LogP contribution is 2.43. The summed E-state index contributed by atoms with van der Waals surface area (Å²) < 4.78 is 31.5. The van der Waals surface area contributed by atoms with E-state index in [4.69, 9.17) is 4.74 Å². The maximum absolute atomic E-state index is 12.4. The molecule has 1 heterocycles. The van der Waals surface area contributed by atoms with E-state index in [0.717, 1.165) is 19.4 Å². The number of morpholine rings is 1. The summed E-state index contributed by atoms with van der Waals surface area (Å²) >= 11 is 0. The molecule has 0 aromatic heterocycles. The molecule has 7 nitrogen and oxygen atoms in total. The Bertz CT molecular complexity index is 727. The summed E-state index contributed by atoms with van der Waals surface area (Å²) in [4.78, 5) is 4.24. The SMILES string of the molecule is CN=C(NCCS(=O)(=O)N1CCOCC1)NCC1(c2ccccc2)CCC1. The van der Waals surface area contributed by atoms with Gasteiger partial charge in [0, 0.05) is 38.6 Å². The predicted octanol–water partition coefficient (Wildman–Crippen LogP) is 0.935. The van der Waals surface area contributed by atoms with Crippen LogP contribution in [0.25, 0.3) is 0 Å². The van der Waals surface area contributed by atoms with Crippen LogP contribution >= 0.6 is 0 Å². The lowest BCUT2D eigenvalue weighted by Crippen LogP contribution is -2.50. The molecule has 1 aliphatic carbocycles. The highest BCUT2D eigenvalue weighted by molar-refractivity contribution is 7.89. The van der Waals surface area contributed by atoms with Gasteiger partial charge in [0.25, 0.3) is 0 Å². The fourth-order valence-electron chi connectivity index (χ4n) is 3.69. The number of aliphatic imine (C=N–C) groups is 1. The Morgan fingerprint density at radius 3 is 2.48 bits per heavy atom. The molecule has 1 aromatic rings. The molecule has 1 saturated heterocycles. The molecule has 2 N–H and O–H groups in total. The average Bonchev–Trinajstić information content (AvgIpc) is 2.67. The fourth-order valence-corrected chi connectivity index (χ4v) is 5.01. The fraction of sp³-hybridized carbons (Fsp3) is 0.632. The molecule has 1 aliphatic heterocycles. The maximum Gasteiger partial charge on any atom is 0.215 e. The van der Waals surface area contributed by atoms with Crippen molar-refractivity contribution in [3.05, 3.63) is 35.9 Å². The van der Waals surface area contributed by atoms with Crippen molar-refractivity contribution in [3.63, 3.8) is 0 Å². The summed E-state index contributed by atoms with van der Waals surface area (Å²) in [5.41, 5.74) is 1.51. The Morgan fingerprint density at radius 2 is 1.89 bits per heavy atom. The second-order valence-electron chi connectivity index (χ2n) is 7.18. The van der Waals surface area contributed by atoms with E-state index < -0.39 is 10.0 Å². The first-order valence-electron chi connectivity index (χ1n) is 9.61. The van der Waals surface area contributed by atoms with Crippen molar-refractivity contribution in [2.75, 3.05) is 52.2 Å². The van der Waals surface area contributed by atoms with Gasteiger partial charge in [0.05, 0.1) is 19.0 Å². The summed E-state index contributed by atoms with van der Waals surface area (Å²) in [5.74, 6) is 0.701. The molecule has 1 saturated carbocycles. The van der Waals surface area contributed by atoms with Gasteiger partial charge in [-0.25, -0.2) is 8.42 Å². The molecule has 0 radical (unpaired) electrons. The van der Waals surface area contributed by atoms with Crippen LogP contribution < -0.4 is 10.6 Å². The minimum absolute atomic E-state index is 0.0531. The lowest BCUT2D eigenvalue weighted by Gasteiger charge is -2.43. The van der Waals surface area contributed by atoms with Crippen molar-refractivity contribution in [2.24, 2.45) is 4.99 Å². The Labute approximate surface area is 162 Å². The Kier molecular flexibility index (Phi) is 6.73. The van der Waals surface area contributed by atoms with E-state index in [1.54, 1.807) is 7.05 Å². The summed E-state index contributed by atoms with van der Waals surface area (Å²) in [6.07, 6.45) is 3.55. The zero-order valence-electron chi connectivity index (χ0n) is 16.0. The van der Waals surface area contributed by atoms with Crippen molar-refractivity contribution < 1.29 is 13.2 Å². The van der Waals surface area contributed by atoms with Gasteiger partial charge in [-0.05, 0) is 18.4 Å².